The molecular weight excluding hydrogens is 443 g/mol. The van der Waals surface area contributed by atoms with Gasteiger partial charge in [-0.05, 0) is 29.8 Å². The van der Waals surface area contributed by atoms with E-state index in [1.54, 1.807) is 18.2 Å². The smallest absolute Gasteiger partial charge is 0.251 e. The summed E-state index contributed by atoms with van der Waals surface area (Å²) in [5.41, 5.74) is 0.813. The maximum absolute atomic E-state index is 13.2. The Hall–Kier alpha value is -2.42. The Bertz CT molecular complexity index is 1100. The number of thioether (sulfide) groups is 1. The highest BCUT2D eigenvalue weighted by Crippen LogP contribution is 2.26. The van der Waals surface area contributed by atoms with Crippen LogP contribution in [0.5, 0.6) is 0 Å². The number of aromatic nitrogens is 2. The normalized spacial score (nSPS) is 10.8. The number of rotatable bonds is 6. The average molecular weight is 456 g/mol. The number of amides is 1. The van der Waals surface area contributed by atoms with Crippen molar-refractivity contribution in [3.63, 3.8) is 0 Å². The monoisotopic (exact) mass is 455 g/mol. The number of benzene rings is 2. The fraction of sp³-hybridized carbons (Fsp3) is 0.105. The van der Waals surface area contributed by atoms with E-state index < -0.39 is 17.5 Å². The number of anilines is 1. The molecule has 0 saturated heterocycles. The molecule has 0 bridgehead atoms. The zero-order chi connectivity index (χ0) is 21.0. The summed E-state index contributed by atoms with van der Waals surface area (Å²) < 4.78 is 26.1. The maximum atomic E-state index is 13.2. The second-order valence-corrected chi connectivity index (χ2v) is 7.66. The van der Waals surface area contributed by atoms with Gasteiger partial charge >= 0.3 is 0 Å². The van der Waals surface area contributed by atoms with Gasteiger partial charge in [0, 0.05) is 34.3 Å². The van der Waals surface area contributed by atoms with Crippen LogP contribution in [0.15, 0.2) is 52.4 Å². The number of H-pyrrole nitrogens is 1. The Morgan fingerprint density at radius 2 is 1.83 bits per heavy atom. The van der Waals surface area contributed by atoms with Crippen molar-refractivity contribution in [1.29, 1.82) is 0 Å². The van der Waals surface area contributed by atoms with Crippen LogP contribution in [-0.2, 0) is 11.2 Å². The predicted molar refractivity (Wildman–Crippen MR) is 110 cm³/mol. The Morgan fingerprint density at radius 1 is 1.10 bits per heavy atom. The van der Waals surface area contributed by atoms with Crippen LogP contribution in [0.4, 0.5) is 14.5 Å². The van der Waals surface area contributed by atoms with Crippen LogP contribution in [0.1, 0.15) is 11.3 Å². The first-order valence-corrected chi connectivity index (χ1v) is 9.97. The Kier molecular flexibility index (Phi) is 6.89. The van der Waals surface area contributed by atoms with E-state index in [4.69, 9.17) is 23.2 Å². The van der Waals surface area contributed by atoms with Crippen molar-refractivity contribution in [3.05, 3.63) is 85.8 Å². The largest absolute Gasteiger partial charge is 0.325 e. The zero-order valence-corrected chi connectivity index (χ0v) is 17.0. The lowest BCUT2D eigenvalue weighted by molar-refractivity contribution is -0.113. The lowest BCUT2D eigenvalue weighted by Gasteiger charge is -2.08. The van der Waals surface area contributed by atoms with Crippen molar-refractivity contribution in [3.8, 4) is 0 Å². The summed E-state index contributed by atoms with van der Waals surface area (Å²) in [6, 6.07) is 9.46. The molecule has 0 fully saturated rings. The van der Waals surface area contributed by atoms with Gasteiger partial charge in [-0.2, -0.15) is 0 Å². The molecule has 10 heteroatoms. The van der Waals surface area contributed by atoms with E-state index in [-0.39, 0.29) is 28.6 Å². The van der Waals surface area contributed by atoms with E-state index >= 15 is 0 Å². The highest BCUT2D eigenvalue weighted by molar-refractivity contribution is 7.99. The molecule has 150 valence electrons. The molecule has 1 amide bonds. The van der Waals surface area contributed by atoms with Crippen LogP contribution in [0.3, 0.4) is 0 Å². The van der Waals surface area contributed by atoms with Crippen LogP contribution >= 0.6 is 35.0 Å². The van der Waals surface area contributed by atoms with E-state index in [2.05, 4.69) is 15.3 Å². The lowest BCUT2D eigenvalue weighted by Crippen LogP contribution is -2.16. The quantitative estimate of drug-likeness (QED) is 0.418. The van der Waals surface area contributed by atoms with Gasteiger partial charge in [-0.15, -0.1) is 0 Å². The lowest BCUT2D eigenvalue weighted by atomic mass is 10.1. The van der Waals surface area contributed by atoms with Crippen molar-refractivity contribution >= 4 is 46.6 Å². The minimum atomic E-state index is -1.06. The van der Waals surface area contributed by atoms with E-state index in [9.17, 15) is 18.4 Å². The minimum Gasteiger partial charge on any atom is -0.325 e. The van der Waals surface area contributed by atoms with Gasteiger partial charge in [-0.1, -0.05) is 41.0 Å². The standard InChI is InChI=1S/C19H13Cl2F2N3O2S/c20-13-2-1-3-14(21)12(13)6-11-8-17(27)26-19(25-11)29-9-18(28)24-10-4-5-15(22)16(23)7-10/h1-5,7-8H,6,9H2,(H,24,28)(H,25,26,27). The van der Waals surface area contributed by atoms with Crippen molar-refractivity contribution in [2.75, 3.05) is 11.1 Å². The fourth-order valence-electron chi connectivity index (χ4n) is 2.43. The maximum Gasteiger partial charge on any atom is 0.251 e. The van der Waals surface area contributed by atoms with Gasteiger partial charge < -0.3 is 10.3 Å². The summed E-state index contributed by atoms with van der Waals surface area (Å²) >= 11 is 13.3. The molecule has 3 aromatic rings. The molecule has 0 aliphatic rings. The fourth-order valence-corrected chi connectivity index (χ4v) is 3.66. The number of hydrogen-bond acceptors (Lipinski definition) is 4. The first-order valence-electron chi connectivity index (χ1n) is 8.22. The first kappa shape index (κ1) is 21.3. The van der Waals surface area contributed by atoms with E-state index in [1.807, 2.05) is 0 Å². The molecular formula is C19H13Cl2F2N3O2S. The van der Waals surface area contributed by atoms with Crippen LogP contribution in [0.2, 0.25) is 10.0 Å². The molecule has 1 heterocycles. The molecule has 0 aliphatic carbocycles. The Balaban J connectivity index is 1.67. The number of nitrogens with one attached hydrogen (secondary N) is 2. The van der Waals surface area contributed by atoms with Gasteiger partial charge in [0.2, 0.25) is 5.91 Å². The SMILES string of the molecule is O=C(CSc1nc(Cc2c(Cl)cccc2Cl)cc(=O)[nH]1)Nc1ccc(F)c(F)c1. The molecule has 3 rings (SSSR count). The van der Waals surface area contributed by atoms with Crippen molar-refractivity contribution < 1.29 is 13.6 Å². The van der Waals surface area contributed by atoms with Gasteiger partial charge in [0.25, 0.3) is 5.56 Å². The minimum absolute atomic E-state index is 0.0990. The molecule has 0 aliphatic heterocycles. The van der Waals surface area contributed by atoms with E-state index in [0.29, 0.717) is 21.3 Å². The molecule has 5 nitrogen and oxygen atoms in total. The summed E-state index contributed by atoms with van der Waals surface area (Å²) in [7, 11) is 0. The van der Waals surface area contributed by atoms with E-state index in [1.165, 1.54) is 12.1 Å². The van der Waals surface area contributed by atoms with Gasteiger partial charge in [-0.3, -0.25) is 9.59 Å². The van der Waals surface area contributed by atoms with Crippen molar-refractivity contribution in [2.24, 2.45) is 0 Å². The second-order valence-electron chi connectivity index (χ2n) is 5.88. The molecule has 0 saturated carbocycles. The molecule has 0 spiro atoms. The highest BCUT2D eigenvalue weighted by Gasteiger charge is 2.11. The Morgan fingerprint density at radius 3 is 2.52 bits per heavy atom. The summed E-state index contributed by atoms with van der Waals surface area (Å²) in [5, 5.41) is 3.59. The summed E-state index contributed by atoms with van der Waals surface area (Å²) in [4.78, 5) is 30.8. The van der Waals surface area contributed by atoms with Gasteiger partial charge in [0.15, 0.2) is 16.8 Å². The Labute approximate surface area is 178 Å². The van der Waals surface area contributed by atoms with Crippen molar-refractivity contribution in [2.45, 2.75) is 11.6 Å². The number of hydrogen-bond donors (Lipinski definition) is 2. The molecule has 29 heavy (non-hydrogen) atoms. The summed E-state index contributed by atoms with van der Waals surface area (Å²) in [6.07, 6.45) is 0.247. The summed E-state index contributed by atoms with van der Waals surface area (Å²) in [5.74, 6) is -2.64. The van der Waals surface area contributed by atoms with Crippen molar-refractivity contribution in [1.82, 2.24) is 9.97 Å². The number of aromatic amines is 1. The molecule has 0 atom stereocenters. The topological polar surface area (TPSA) is 74.8 Å². The van der Waals surface area contributed by atoms with Crippen LogP contribution in [0, 0.1) is 11.6 Å². The molecule has 0 radical (unpaired) electrons. The highest BCUT2D eigenvalue weighted by atomic mass is 35.5. The van der Waals surface area contributed by atoms with Crippen LogP contribution < -0.4 is 10.9 Å². The average Bonchev–Trinajstić information content (AvgIpc) is 2.66. The predicted octanol–water partition coefficient (Wildman–Crippen LogP) is 4.68. The molecule has 1 aromatic heterocycles. The molecule has 2 aromatic carbocycles. The van der Waals surface area contributed by atoms with Crippen LogP contribution in [0.25, 0.3) is 0 Å². The third kappa shape index (κ3) is 5.79. The number of carbonyl (C=O) groups is 1. The van der Waals surface area contributed by atoms with E-state index in [0.717, 1.165) is 23.9 Å². The van der Waals surface area contributed by atoms with Gasteiger partial charge in [-0.25, -0.2) is 13.8 Å². The third-order valence-corrected chi connectivity index (χ3v) is 5.32. The number of nitrogens with zero attached hydrogens (tertiary/aromatic N) is 1. The molecule has 2 N–H and O–H groups in total. The van der Waals surface area contributed by atoms with Crippen LogP contribution in [-0.4, -0.2) is 21.6 Å². The van der Waals surface area contributed by atoms with Gasteiger partial charge in [0.05, 0.1) is 11.4 Å². The number of carbonyl (C=O) groups excluding carboxylic acids is 1. The summed E-state index contributed by atoms with van der Waals surface area (Å²) in [6.45, 7) is 0. The van der Waals surface area contributed by atoms with Gasteiger partial charge in [0.1, 0.15) is 0 Å². The second kappa shape index (κ2) is 9.39. The zero-order valence-electron chi connectivity index (χ0n) is 14.6. The third-order valence-electron chi connectivity index (χ3n) is 3.74. The number of halogens is 4. The molecule has 0 unspecified atom stereocenters. The first-order chi connectivity index (χ1) is 13.8.